The molecule has 0 aromatic heterocycles. The summed E-state index contributed by atoms with van der Waals surface area (Å²) in [5.41, 5.74) is 7.70. The van der Waals surface area contributed by atoms with Gasteiger partial charge >= 0.3 is 0 Å². The lowest BCUT2D eigenvalue weighted by molar-refractivity contribution is 0.0843. The smallest absolute Gasteiger partial charge is 0.174 e. The van der Waals surface area contributed by atoms with Crippen LogP contribution < -0.4 is 14.2 Å². The molecule has 3 rings (SSSR count). The Morgan fingerprint density at radius 2 is 1.63 bits per heavy atom. The number of allylic oxidation sites excluding steroid dienone is 6. The summed E-state index contributed by atoms with van der Waals surface area (Å²) in [4.78, 5) is 13.4. The van der Waals surface area contributed by atoms with Crippen LogP contribution in [0.5, 0.6) is 23.0 Å². The molecule has 38 heavy (non-hydrogen) atoms. The van der Waals surface area contributed by atoms with Crippen LogP contribution in [-0.2, 0) is 12.8 Å². The molecule has 0 saturated heterocycles. The molecule has 204 valence electrons. The quantitative estimate of drug-likeness (QED) is 0.321. The molecule has 0 spiro atoms. The maximum Gasteiger partial charge on any atom is 0.174 e. The molecule has 1 aliphatic rings. The minimum absolute atomic E-state index is 0.0543. The number of ketones is 1. The van der Waals surface area contributed by atoms with Gasteiger partial charge in [-0.1, -0.05) is 41.0 Å². The van der Waals surface area contributed by atoms with Gasteiger partial charge in [-0.05, 0) is 90.0 Å². The van der Waals surface area contributed by atoms with Gasteiger partial charge in [0, 0.05) is 11.6 Å². The molecule has 0 radical (unpaired) electrons. The second-order valence-corrected chi connectivity index (χ2v) is 10.5. The molecule has 0 unspecified atom stereocenters. The summed E-state index contributed by atoms with van der Waals surface area (Å²) >= 11 is 0. The number of ether oxygens (including phenoxy) is 3. The average Bonchev–Trinajstić information content (AvgIpc) is 2.86. The lowest BCUT2D eigenvalue weighted by Gasteiger charge is -2.29. The van der Waals surface area contributed by atoms with E-state index < -0.39 is 6.10 Å². The number of aromatic hydroxyl groups is 1. The highest BCUT2D eigenvalue weighted by Gasteiger charge is 2.34. The number of rotatable bonds is 10. The zero-order valence-electron chi connectivity index (χ0n) is 24.2. The standard InChI is InChI=1S/C33H42O5/c1-20(2)10-9-11-22(5)13-15-24-23(6)28(36-7)17-16-25(24)30-18-27(34)32-31(38-30)19-29(37-8)26(33(32)35)14-12-21(3)4/h10,12-13,16-17,19,30,35H,9,11,14-15,18H2,1-8H3/b22-13+/t30-/m0/s1. The van der Waals surface area contributed by atoms with Crippen LogP contribution in [0.2, 0.25) is 0 Å². The Balaban J connectivity index is 1.99. The Morgan fingerprint density at radius 3 is 2.26 bits per heavy atom. The number of hydrogen-bond acceptors (Lipinski definition) is 5. The monoisotopic (exact) mass is 518 g/mol. The van der Waals surface area contributed by atoms with Crippen LogP contribution in [0.1, 0.15) is 92.6 Å². The van der Waals surface area contributed by atoms with Crippen LogP contribution in [0.4, 0.5) is 0 Å². The van der Waals surface area contributed by atoms with Gasteiger partial charge in [-0.15, -0.1) is 0 Å². The molecule has 1 N–H and O–H groups in total. The van der Waals surface area contributed by atoms with E-state index in [0.717, 1.165) is 47.3 Å². The molecule has 0 amide bonds. The minimum Gasteiger partial charge on any atom is -0.507 e. The average molecular weight is 519 g/mol. The van der Waals surface area contributed by atoms with Crippen LogP contribution in [0, 0.1) is 6.92 Å². The van der Waals surface area contributed by atoms with Crippen molar-refractivity contribution in [1.29, 1.82) is 0 Å². The molecule has 5 heteroatoms. The summed E-state index contributed by atoms with van der Waals surface area (Å²) in [6.45, 7) is 12.4. The molecule has 1 atom stereocenters. The highest BCUT2D eigenvalue weighted by atomic mass is 16.5. The van der Waals surface area contributed by atoms with Gasteiger partial charge in [0.1, 0.15) is 34.7 Å². The number of carbonyl (C=O) groups excluding carboxylic acids is 1. The van der Waals surface area contributed by atoms with Crippen molar-refractivity contribution in [1.82, 2.24) is 0 Å². The van der Waals surface area contributed by atoms with Crippen molar-refractivity contribution in [3.63, 3.8) is 0 Å². The van der Waals surface area contributed by atoms with E-state index in [-0.39, 0.29) is 23.5 Å². The van der Waals surface area contributed by atoms with Crippen LogP contribution in [0.15, 0.2) is 53.1 Å². The predicted octanol–water partition coefficient (Wildman–Crippen LogP) is 8.17. The highest BCUT2D eigenvalue weighted by molar-refractivity contribution is 6.03. The fourth-order valence-electron chi connectivity index (χ4n) is 4.87. The van der Waals surface area contributed by atoms with E-state index in [1.165, 1.54) is 11.1 Å². The molecule has 1 aliphatic heterocycles. The van der Waals surface area contributed by atoms with Crippen molar-refractivity contribution in [2.45, 2.75) is 79.8 Å². The number of hydrogen-bond donors (Lipinski definition) is 1. The maximum atomic E-state index is 13.4. The largest absolute Gasteiger partial charge is 0.507 e. The lowest BCUT2D eigenvalue weighted by atomic mass is 9.88. The van der Waals surface area contributed by atoms with Gasteiger partial charge in [-0.2, -0.15) is 0 Å². The summed E-state index contributed by atoms with van der Waals surface area (Å²) in [6.07, 6.45) is 9.41. The molecule has 2 aromatic carbocycles. The van der Waals surface area contributed by atoms with Gasteiger partial charge in [0.2, 0.25) is 0 Å². The van der Waals surface area contributed by atoms with Crippen molar-refractivity contribution in [3.8, 4) is 23.0 Å². The first-order valence-electron chi connectivity index (χ1n) is 13.3. The number of benzene rings is 2. The van der Waals surface area contributed by atoms with E-state index in [9.17, 15) is 9.90 Å². The lowest BCUT2D eigenvalue weighted by Crippen LogP contribution is -2.22. The van der Waals surface area contributed by atoms with Crippen LogP contribution in [0.25, 0.3) is 0 Å². The Bertz CT molecular complexity index is 1270. The molecule has 0 aliphatic carbocycles. The van der Waals surface area contributed by atoms with Gasteiger partial charge in [0.25, 0.3) is 0 Å². The number of fused-ring (bicyclic) bond motifs is 1. The number of methoxy groups -OCH3 is 2. The van der Waals surface area contributed by atoms with Crippen molar-refractivity contribution in [2.75, 3.05) is 14.2 Å². The third-order valence-electron chi connectivity index (χ3n) is 7.08. The SMILES string of the molecule is COc1ccc([C@@H]2CC(=O)c3c(cc(OC)c(CC=C(C)C)c3O)O2)c(C/C=C(\C)CCC=C(C)C)c1C. The van der Waals surface area contributed by atoms with Crippen LogP contribution in [-0.4, -0.2) is 25.1 Å². The summed E-state index contributed by atoms with van der Waals surface area (Å²) in [5.74, 6) is 1.48. The maximum absolute atomic E-state index is 13.4. The second-order valence-electron chi connectivity index (χ2n) is 10.5. The van der Waals surface area contributed by atoms with Gasteiger partial charge in [-0.3, -0.25) is 4.79 Å². The zero-order valence-corrected chi connectivity index (χ0v) is 24.2. The topological polar surface area (TPSA) is 65.0 Å². The Morgan fingerprint density at radius 1 is 0.974 bits per heavy atom. The van der Waals surface area contributed by atoms with E-state index in [2.05, 4.69) is 32.9 Å². The first kappa shape index (κ1) is 29.1. The third-order valence-corrected chi connectivity index (χ3v) is 7.08. The zero-order chi connectivity index (χ0) is 28.0. The molecule has 1 heterocycles. The van der Waals surface area contributed by atoms with E-state index >= 15 is 0 Å². The predicted molar refractivity (Wildman–Crippen MR) is 154 cm³/mol. The fourth-order valence-corrected chi connectivity index (χ4v) is 4.87. The highest BCUT2D eigenvalue weighted by Crippen LogP contribution is 2.46. The summed E-state index contributed by atoms with van der Waals surface area (Å²) in [6, 6.07) is 5.66. The number of carbonyl (C=O) groups is 1. The normalized spacial score (nSPS) is 14.9. The summed E-state index contributed by atoms with van der Waals surface area (Å²) in [7, 11) is 3.23. The molecular formula is C33H42O5. The molecule has 0 saturated carbocycles. The Labute approximate surface area is 227 Å². The van der Waals surface area contributed by atoms with Gasteiger partial charge in [0.05, 0.1) is 20.6 Å². The Hall–Kier alpha value is -3.47. The van der Waals surface area contributed by atoms with Crippen molar-refractivity contribution < 1.29 is 24.1 Å². The Kier molecular flexibility index (Phi) is 9.84. The van der Waals surface area contributed by atoms with Gasteiger partial charge < -0.3 is 19.3 Å². The van der Waals surface area contributed by atoms with E-state index in [1.807, 2.05) is 39.0 Å². The first-order chi connectivity index (χ1) is 18.1. The van der Waals surface area contributed by atoms with Gasteiger partial charge in [0.15, 0.2) is 5.78 Å². The second kappa shape index (κ2) is 12.9. The molecule has 2 aromatic rings. The first-order valence-corrected chi connectivity index (χ1v) is 13.3. The number of phenols is 1. The number of phenolic OH excluding ortho intramolecular Hbond substituents is 1. The van der Waals surface area contributed by atoms with E-state index in [0.29, 0.717) is 23.5 Å². The van der Waals surface area contributed by atoms with E-state index in [1.54, 1.807) is 20.3 Å². The molecule has 0 bridgehead atoms. The fraction of sp³-hybridized carbons (Fsp3) is 0.424. The van der Waals surface area contributed by atoms with Crippen molar-refractivity contribution in [3.05, 3.63) is 81.0 Å². The third kappa shape index (κ3) is 6.69. The summed E-state index contributed by atoms with van der Waals surface area (Å²) in [5, 5.41) is 11.1. The van der Waals surface area contributed by atoms with Gasteiger partial charge in [-0.25, -0.2) is 0 Å². The number of Topliss-reactive ketones (excluding diaryl/α,β-unsaturated/α-hetero) is 1. The molecule has 5 nitrogen and oxygen atoms in total. The van der Waals surface area contributed by atoms with E-state index in [4.69, 9.17) is 14.2 Å². The van der Waals surface area contributed by atoms with Crippen LogP contribution >= 0.6 is 0 Å². The molecule has 0 fully saturated rings. The molecular weight excluding hydrogens is 476 g/mol. The van der Waals surface area contributed by atoms with Crippen LogP contribution in [0.3, 0.4) is 0 Å². The van der Waals surface area contributed by atoms with Crippen molar-refractivity contribution >= 4 is 5.78 Å². The minimum atomic E-state index is -0.471. The summed E-state index contributed by atoms with van der Waals surface area (Å²) < 4.78 is 17.6. The van der Waals surface area contributed by atoms with Crippen molar-refractivity contribution in [2.24, 2.45) is 0 Å².